The zero-order valence-corrected chi connectivity index (χ0v) is 14.7. The molecule has 0 spiro atoms. The van der Waals surface area contributed by atoms with Gasteiger partial charge in [-0.1, -0.05) is 48.6 Å². The summed E-state index contributed by atoms with van der Waals surface area (Å²) < 4.78 is 26.5. The number of benzene rings is 3. The summed E-state index contributed by atoms with van der Waals surface area (Å²) in [5.74, 6) is -1.57. The quantitative estimate of drug-likeness (QED) is 0.601. The molecule has 0 unspecified atom stereocenters. The fourth-order valence-corrected chi connectivity index (χ4v) is 3.24. The molecule has 1 aliphatic rings. The minimum atomic E-state index is -0.724. The smallest absolute Gasteiger partial charge is 0.262 e. The van der Waals surface area contributed by atoms with Crippen molar-refractivity contribution in [2.24, 2.45) is 0 Å². The predicted octanol–water partition coefficient (Wildman–Crippen LogP) is 5.02. The van der Waals surface area contributed by atoms with Crippen molar-refractivity contribution >= 4 is 17.9 Å². The Labute approximate surface area is 160 Å². The zero-order valence-electron chi connectivity index (χ0n) is 14.7. The van der Waals surface area contributed by atoms with Crippen LogP contribution in [-0.4, -0.2) is 16.7 Å². The summed E-state index contributed by atoms with van der Waals surface area (Å²) >= 11 is 0. The number of rotatable bonds is 4. The standard InChI is InChI=1S/C23H15F2NO2/c24-17-10-5-15(6-11-17)7-14-21(16-8-12-18(25)13-9-16)26-22(27)19-3-1-2-4-20(19)23(26)28/h1-14,21H/b14-7+/t21-/m1/s1. The number of halogens is 2. The van der Waals surface area contributed by atoms with Gasteiger partial charge in [0.2, 0.25) is 0 Å². The average molecular weight is 375 g/mol. The first-order valence-electron chi connectivity index (χ1n) is 8.71. The minimum Gasteiger partial charge on any atom is -0.269 e. The SMILES string of the molecule is O=C1c2ccccc2C(=O)N1[C@H](/C=C/c1ccc(F)cc1)c1ccc(F)cc1. The Morgan fingerprint density at radius 2 is 1.21 bits per heavy atom. The molecule has 138 valence electrons. The molecule has 0 aliphatic carbocycles. The van der Waals surface area contributed by atoms with Crippen molar-refractivity contribution in [1.82, 2.24) is 4.90 Å². The molecule has 1 atom stereocenters. The number of carbonyl (C=O) groups is 2. The van der Waals surface area contributed by atoms with Crippen molar-refractivity contribution in [1.29, 1.82) is 0 Å². The van der Waals surface area contributed by atoms with Gasteiger partial charge in [0.15, 0.2) is 0 Å². The minimum absolute atomic E-state index is 0.342. The van der Waals surface area contributed by atoms with Crippen LogP contribution < -0.4 is 0 Å². The molecule has 4 rings (SSSR count). The third-order valence-electron chi connectivity index (χ3n) is 4.66. The number of amides is 2. The van der Waals surface area contributed by atoms with E-state index >= 15 is 0 Å². The number of hydrogen-bond acceptors (Lipinski definition) is 2. The van der Waals surface area contributed by atoms with E-state index in [2.05, 4.69) is 0 Å². The van der Waals surface area contributed by atoms with Gasteiger partial charge >= 0.3 is 0 Å². The first-order valence-corrected chi connectivity index (χ1v) is 8.71. The molecule has 0 bridgehead atoms. The maximum absolute atomic E-state index is 13.4. The number of fused-ring (bicyclic) bond motifs is 1. The van der Waals surface area contributed by atoms with Gasteiger partial charge < -0.3 is 0 Å². The Balaban J connectivity index is 1.75. The van der Waals surface area contributed by atoms with Crippen LogP contribution in [0, 0.1) is 11.6 Å². The summed E-state index contributed by atoms with van der Waals surface area (Å²) in [6.45, 7) is 0. The molecule has 3 aromatic rings. The highest BCUT2D eigenvalue weighted by Gasteiger charge is 2.39. The third-order valence-corrected chi connectivity index (χ3v) is 4.66. The highest BCUT2D eigenvalue weighted by molar-refractivity contribution is 6.21. The molecular formula is C23H15F2NO2. The molecule has 0 saturated carbocycles. The topological polar surface area (TPSA) is 37.4 Å². The summed E-state index contributed by atoms with van der Waals surface area (Å²) in [4.78, 5) is 26.9. The van der Waals surface area contributed by atoms with Crippen LogP contribution in [0.25, 0.3) is 6.08 Å². The second kappa shape index (κ2) is 7.19. The molecule has 3 nitrogen and oxygen atoms in total. The van der Waals surface area contributed by atoms with E-state index in [9.17, 15) is 18.4 Å². The normalized spacial score (nSPS) is 14.6. The second-order valence-corrected chi connectivity index (χ2v) is 6.43. The first-order chi connectivity index (χ1) is 13.5. The summed E-state index contributed by atoms with van der Waals surface area (Å²) in [6.07, 6.45) is 3.39. The highest BCUT2D eigenvalue weighted by Crippen LogP contribution is 2.32. The summed E-state index contributed by atoms with van der Waals surface area (Å²) in [5, 5.41) is 0. The van der Waals surface area contributed by atoms with Gasteiger partial charge in [-0.3, -0.25) is 14.5 Å². The lowest BCUT2D eigenvalue weighted by Crippen LogP contribution is -2.33. The van der Waals surface area contributed by atoms with E-state index in [0.717, 1.165) is 4.90 Å². The molecular weight excluding hydrogens is 360 g/mol. The fraction of sp³-hybridized carbons (Fsp3) is 0.0435. The Kier molecular flexibility index (Phi) is 4.57. The van der Waals surface area contributed by atoms with Crippen molar-refractivity contribution in [3.8, 4) is 0 Å². The van der Waals surface area contributed by atoms with Crippen LogP contribution in [0.1, 0.15) is 37.9 Å². The summed E-state index contributed by atoms with van der Waals surface area (Å²) in [7, 11) is 0. The maximum atomic E-state index is 13.4. The van der Waals surface area contributed by atoms with Gasteiger partial charge in [0.25, 0.3) is 11.8 Å². The van der Waals surface area contributed by atoms with Crippen LogP contribution in [0.3, 0.4) is 0 Å². The lowest BCUT2D eigenvalue weighted by atomic mass is 10.0. The number of imide groups is 1. The van der Waals surface area contributed by atoms with Crippen LogP contribution >= 0.6 is 0 Å². The fourth-order valence-electron chi connectivity index (χ4n) is 3.24. The van der Waals surface area contributed by atoms with Gasteiger partial charge in [0, 0.05) is 0 Å². The van der Waals surface area contributed by atoms with Crippen LogP contribution in [-0.2, 0) is 0 Å². The van der Waals surface area contributed by atoms with E-state index in [-0.39, 0.29) is 5.82 Å². The van der Waals surface area contributed by atoms with E-state index in [1.54, 1.807) is 60.7 Å². The molecule has 0 N–H and O–H groups in total. The Morgan fingerprint density at radius 3 is 1.75 bits per heavy atom. The van der Waals surface area contributed by atoms with Crippen molar-refractivity contribution in [3.05, 3.63) is 113 Å². The summed E-state index contributed by atoms with van der Waals surface area (Å²) in [6, 6.07) is 17.4. The van der Waals surface area contributed by atoms with Crippen LogP contribution in [0.15, 0.2) is 78.9 Å². The van der Waals surface area contributed by atoms with E-state index < -0.39 is 23.7 Å². The van der Waals surface area contributed by atoms with Crippen molar-refractivity contribution in [2.45, 2.75) is 6.04 Å². The molecule has 2 amide bonds. The third kappa shape index (κ3) is 3.22. The molecule has 3 aromatic carbocycles. The second-order valence-electron chi connectivity index (χ2n) is 6.43. The molecule has 0 aromatic heterocycles. The number of carbonyl (C=O) groups excluding carboxylic acids is 2. The maximum Gasteiger partial charge on any atom is 0.262 e. The van der Waals surface area contributed by atoms with E-state index in [0.29, 0.717) is 22.3 Å². The monoisotopic (exact) mass is 375 g/mol. The Morgan fingerprint density at radius 1 is 0.714 bits per heavy atom. The lowest BCUT2D eigenvalue weighted by molar-refractivity contribution is 0.0614. The Hall–Kier alpha value is -3.60. The molecule has 1 aliphatic heterocycles. The van der Waals surface area contributed by atoms with Gasteiger partial charge in [0.05, 0.1) is 17.2 Å². The largest absolute Gasteiger partial charge is 0.269 e. The van der Waals surface area contributed by atoms with Crippen LogP contribution in [0.4, 0.5) is 8.78 Å². The van der Waals surface area contributed by atoms with Gasteiger partial charge in [-0.25, -0.2) is 8.78 Å². The van der Waals surface area contributed by atoms with Gasteiger partial charge in [-0.15, -0.1) is 0 Å². The molecule has 0 fully saturated rings. The Bertz CT molecular complexity index is 1040. The first kappa shape index (κ1) is 17.8. The molecule has 5 heteroatoms. The van der Waals surface area contributed by atoms with Crippen LogP contribution in [0.5, 0.6) is 0 Å². The zero-order chi connectivity index (χ0) is 19.7. The van der Waals surface area contributed by atoms with E-state index in [4.69, 9.17) is 0 Å². The van der Waals surface area contributed by atoms with Crippen molar-refractivity contribution in [3.63, 3.8) is 0 Å². The molecule has 28 heavy (non-hydrogen) atoms. The van der Waals surface area contributed by atoms with Crippen molar-refractivity contribution < 1.29 is 18.4 Å². The van der Waals surface area contributed by atoms with Gasteiger partial charge in [0.1, 0.15) is 11.6 Å². The molecule has 0 saturated heterocycles. The van der Waals surface area contributed by atoms with Gasteiger partial charge in [-0.2, -0.15) is 0 Å². The highest BCUT2D eigenvalue weighted by atomic mass is 19.1. The lowest BCUT2D eigenvalue weighted by Gasteiger charge is -2.24. The predicted molar refractivity (Wildman–Crippen MR) is 102 cm³/mol. The van der Waals surface area contributed by atoms with Crippen molar-refractivity contribution in [2.75, 3.05) is 0 Å². The van der Waals surface area contributed by atoms with Gasteiger partial charge in [-0.05, 0) is 47.5 Å². The molecule has 1 heterocycles. The number of hydrogen-bond donors (Lipinski definition) is 0. The summed E-state index contributed by atoms with van der Waals surface area (Å²) in [5.41, 5.74) is 1.99. The van der Waals surface area contributed by atoms with Crippen LogP contribution in [0.2, 0.25) is 0 Å². The average Bonchev–Trinajstić information content (AvgIpc) is 2.96. The van der Waals surface area contributed by atoms with E-state index in [1.807, 2.05) is 0 Å². The van der Waals surface area contributed by atoms with E-state index in [1.165, 1.54) is 24.3 Å². The number of nitrogens with zero attached hydrogens (tertiary/aromatic N) is 1. The molecule has 0 radical (unpaired) electrons.